The molecule has 3 rings (SSSR count). The Morgan fingerprint density at radius 3 is 2.03 bits per heavy atom. The van der Waals surface area contributed by atoms with Crippen LogP contribution in [0.25, 0.3) is 0 Å². The Hall–Kier alpha value is -1.68. The smallest absolute Gasteiger partial charge is 0.324 e. The molecule has 174 valence electrons. The number of aliphatic hydroxyl groups is 1. The zero-order valence-corrected chi connectivity index (χ0v) is 19.0. The second-order valence-corrected chi connectivity index (χ2v) is 9.22. The van der Waals surface area contributed by atoms with E-state index in [9.17, 15) is 20.0 Å². The average Bonchev–Trinajstić information content (AvgIpc) is 2.75. The summed E-state index contributed by atoms with van der Waals surface area (Å²) in [6.45, 7) is 1.33. The maximum Gasteiger partial charge on any atom is 0.324 e. The minimum absolute atomic E-state index is 0.121. The second-order valence-electron chi connectivity index (χ2n) is 8.34. The van der Waals surface area contributed by atoms with Crippen molar-refractivity contribution in [3.63, 3.8) is 0 Å². The van der Waals surface area contributed by atoms with E-state index in [0.717, 1.165) is 24.0 Å². The molecule has 0 aliphatic heterocycles. The molecule has 0 bridgehead atoms. The van der Waals surface area contributed by atoms with E-state index >= 15 is 0 Å². The lowest BCUT2D eigenvalue weighted by atomic mass is 9.91. The standard InChI is InChI=1S/C12H23N.C10H12N2O5S/c1-3-7-11(8-4-1)13-12-9-5-2-6-10-12;1-6(13)9(10(14)15)11-18-8-5-3-2-4-7(8)12(16)17/h11-13H,1-10H2;2-6,9,11,13H,1H3,(H,14,15)/t;6-,9+/m.1/s1. The second kappa shape index (κ2) is 13.7. The molecule has 2 saturated carbocycles. The highest BCUT2D eigenvalue weighted by atomic mass is 32.2. The fourth-order valence-corrected chi connectivity index (χ4v) is 4.99. The van der Waals surface area contributed by atoms with Crippen molar-refractivity contribution in [2.24, 2.45) is 0 Å². The Kier molecular flexibility index (Phi) is 11.3. The van der Waals surface area contributed by atoms with Crippen LogP contribution in [0.15, 0.2) is 29.2 Å². The SMILES string of the molecule is C1CCC(NC2CCCCC2)CC1.C[C@@H](O)[C@H](NSc1ccccc1[N+](=O)[O-])C(=O)O. The molecule has 4 N–H and O–H groups in total. The Labute approximate surface area is 188 Å². The molecule has 2 atom stereocenters. The first kappa shape index (κ1) is 25.6. The molecule has 0 aromatic heterocycles. The molecule has 0 amide bonds. The van der Waals surface area contributed by atoms with Gasteiger partial charge < -0.3 is 15.5 Å². The number of carboxylic acid groups (broad SMARTS) is 1. The minimum Gasteiger partial charge on any atom is -0.480 e. The Bertz CT molecular complexity index is 675. The number of nitro benzene ring substituents is 1. The van der Waals surface area contributed by atoms with Gasteiger partial charge in [0.1, 0.15) is 10.9 Å². The van der Waals surface area contributed by atoms with Gasteiger partial charge in [0.2, 0.25) is 0 Å². The van der Waals surface area contributed by atoms with Crippen LogP contribution in [0.2, 0.25) is 0 Å². The van der Waals surface area contributed by atoms with E-state index in [0.29, 0.717) is 0 Å². The van der Waals surface area contributed by atoms with Gasteiger partial charge >= 0.3 is 5.97 Å². The van der Waals surface area contributed by atoms with E-state index < -0.39 is 23.0 Å². The maximum absolute atomic E-state index is 10.8. The van der Waals surface area contributed by atoms with Crippen molar-refractivity contribution < 1.29 is 19.9 Å². The molecule has 31 heavy (non-hydrogen) atoms. The van der Waals surface area contributed by atoms with Crippen LogP contribution in [0, 0.1) is 10.1 Å². The van der Waals surface area contributed by atoms with E-state index in [-0.39, 0.29) is 10.6 Å². The third-order valence-electron chi connectivity index (χ3n) is 5.79. The number of hydrogen-bond acceptors (Lipinski definition) is 7. The van der Waals surface area contributed by atoms with E-state index in [2.05, 4.69) is 10.0 Å². The molecule has 0 unspecified atom stereocenters. The highest BCUT2D eigenvalue weighted by Crippen LogP contribution is 2.27. The van der Waals surface area contributed by atoms with Gasteiger partial charge in [-0.05, 0) is 50.6 Å². The Balaban J connectivity index is 0.000000231. The fourth-order valence-electron chi connectivity index (χ4n) is 4.05. The molecule has 8 nitrogen and oxygen atoms in total. The minimum atomic E-state index is -1.23. The van der Waals surface area contributed by atoms with Crippen molar-refractivity contribution in [1.82, 2.24) is 10.0 Å². The molecule has 1 aromatic rings. The van der Waals surface area contributed by atoms with E-state index in [4.69, 9.17) is 5.11 Å². The summed E-state index contributed by atoms with van der Waals surface area (Å²) >= 11 is 0.808. The summed E-state index contributed by atoms with van der Waals surface area (Å²) in [5.74, 6) is -1.23. The molecule has 1 aromatic carbocycles. The number of rotatable bonds is 8. The number of benzene rings is 1. The quantitative estimate of drug-likeness (QED) is 0.261. The number of nitrogens with one attached hydrogen (secondary N) is 2. The molecular weight excluding hydrogens is 418 g/mol. The lowest BCUT2D eigenvalue weighted by Crippen LogP contribution is -2.41. The van der Waals surface area contributed by atoms with Crippen molar-refractivity contribution in [1.29, 1.82) is 0 Å². The Morgan fingerprint density at radius 1 is 1.06 bits per heavy atom. The highest BCUT2D eigenvalue weighted by Gasteiger charge is 2.24. The van der Waals surface area contributed by atoms with Crippen LogP contribution in [0.5, 0.6) is 0 Å². The summed E-state index contributed by atoms with van der Waals surface area (Å²) in [5, 5.41) is 32.7. The van der Waals surface area contributed by atoms with Crippen molar-refractivity contribution in [3.8, 4) is 0 Å². The van der Waals surface area contributed by atoms with Gasteiger partial charge in [0.05, 0.1) is 11.0 Å². The van der Waals surface area contributed by atoms with Gasteiger partial charge in [-0.3, -0.25) is 14.9 Å². The van der Waals surface area contributed by atoms with Crippen LogP contribution >= 0.6 is 11.9 Å². The molecule has 2 fully saturated rings. The van der Waals surface area contributed by atoms with Gasteiger partial charge in [-0.2, -0.15) is 0 Å². The van der Waals surface area contributed by atoms with E-state index in [1.807, 2.05) is 0 Å². The molecule has 0 saturated heterocycles. The monoisotopic (exact) mass is 453 g/mol. The lowest BCUT2D eigenvalue weighted by molar-refractivity contribution is -0.387. The van der Waals surface area contributed by atoms with Crippen molar-refractivity contribution >= 4 is 23.6 Å². The zero-order chi connectivity index (χ0) is 22.6. The van der Waals surface area contributed by atoms with Gasteiger partial charge in [0.25, 0.3) is 5.69 Å². The van der Waals surface area contributed by atoms with Crippen LogP contribution in [-0.2, 0) is 4.79 Å². The van der Waals surface area contributed by atoms with Crippen molar-refractivity contribution in [3.05, 3.63) is 34.4 Å². The normalized spacial score (nSPS) is 19.7. The van der Waals surface area contributed by atoms with Crippen LogP contribution in [0.3, 0.4) is 0 Å². The summed E-state index contributed by atoms with van der Waals surface area (Å²) in [5.41, 5.74) is -0.121. The van der Waals surface area contributed by atoms with Gasteiger partial charge in [-0.15, -0.1) is 0 Å². The number of carboxylic acids is 1. The van der Waals surface area contributed by atoms with Crippen molar-refractivity contribution in [2.45, 2.75) is 100 Å². The fraction of sp³-hybridized carbons (Fsp3) is 0.682. The van der Waals surface area contributed by atoms with Gasteiger partial charge in [-0.1, -0.05) is 50.7 Å². The first-order valence-corrected chi connectivity index (χ1v) is 12.0. The highest BCUT2D eigenvalue weighted by molar-refractivity contribution is 7.97. The molecule has 0 radical (unpaired) electrons. The molecule has 0 spiro atoms. The lowest BCUT2D eigenvalue weighted by Gasteiger charge is -2.30. The summed E-state index contributed by atoms with van der Waals surface area (Å²) in [4.78, 5) is 21.3. The number of aliphatic carboxylic acids is 1. The third kappa shape index (κ3) is 9.14. The number of nitro groups is 1. The van der Waals surface area contributed by atoms with Crippen LogP contribution in [0.1, 0.15) is 71.1 Å². The van der Waals surface area contributed by atoms with E-state index in [1.165, 1.54) is 89.3 Å². The third-order valence-corrected chi connectivity index (χ3v) is 6.72. The van der Waals surface area contributed by atoms with Gasteiger partial charge in [-0.25, -0.2) is 4.72 Å². The molecule has 9 heteroatoms. The zero-order valence-electron chi connectivity index (χ0n) is 18.2. The van der Waals surface area contributed by atoms with Crippen LogP contribution < -0.4 is 10.0 Å². The van der Waals surface area contributed by atoms with Crippen molar-refractivity contribution in [2.75, 3.05) is 0 Å². The topological polar surface area (TPSA) is 125 Å². The molecular formula is C22H35N3O5S. The first-order chi connectivity index (χ1) is 14.9. The summed E-state index contributed by atoms with van der Waals surface area (Å²) in [6.07, 6.45) is 13.5. The van der Waals surface area contributed by atoms with Gasteiger partial charge in [0, 0.05) is 18.2 Å². The predicted molar refractivity (Wildman–Crippen MR) is 122 cm³/mol. The largest absolute Gasteiger partial charge is 0.480 e. The predicted octanol–water partition coefficient (Wildman–Crippen LogP) is 4.27. The number of aliphatic hydroxyl groups excluding tert-OH is 1. The number of nitrogens with zero attached hydrogens (tertiary/aromatic N) is 1. The first-order valence-electron chi connectivity index (χ1n) is 11.2. The molecule has 2 aliphatic rings. The Morgan fingerprint density at radius 2 is 1.58 bits per heavy atom. The maximum atomic E-state index is 10.8. The van der Waals surface area contributed by atoms with E-state index in [1.54, 1.807) is 6.07 Å². The molecule has 2 aliphatic carbocycles. The van der Waals surface area contributed by atoms with Gasteiger partial charge in [0.15, 0.2) is 0 Å². The number of hydrogen-bond donors (Lipinski definition) is 4. The summed E-state index contributed by atoms with van der Waals surface area (Å²) < 4.78 is 2.49. The summed E-state index contributed by atoms with van der Waals surface area (Å²) in [7, 11) is 0. The summed E-state index contributed by atoms with van der Waals surface area (Å²) in [6, 6.07) is 6.49. The number of carbonyl (C=O) groups is 1. The van der Waals surface area contributed by atoms with Crippen LogP contribution in [0.4, 0.5) is 5.69 Å². The number of para-hydroxylation sites is 1. The molecule has 0 heterocycles. The average molecular weight is 454 g/mol. The van der Waals surface area contributed by atoms with Crippen LogP contribution in [-0.4, -0.2) is 45.3 Å².